The highest BCUT2D eigenvalue weighted by atomic mass is 79.9. The molecule has 1 heterocycles. The van der Waals surface area contributed by atoms with Crippen LogP contribution in [0.5, 0.6) is 0 Å². The van der Waals surface area contributed by atoms with E-state index >= 15 is 0 Å². The molecule has 0 radical (unpaired) electrons. The van der Waals surface area contributed by atoms with Crippen LogP contribution in [0.2, 0.25) is 0 Å². The summed E-state index contributed by atoms with van der Waals surface area (Å²) >= 11 is 3.40. The Balaban J connectivity index is 2.30. The number of carboxylic acids is 1. The van der Waals surface area contributed by atoms with Gasteiger partial charge in [-0.2, -0.15) is 0 Å². The molecule has 0 fully saturated rings. The molecule has 2 aromatic rings. The van der Waals surface area contributed by atoms with Crippen molar-refractivity contribution >= 4 is 33.5 Å². The lowest BCUT2D eigenvalue weighted by molar-refractivity contribution is 0.0690. The monoisotopic (exact) mass is 348 g/mol. The minimum atomic E-state index is -1.17. The first kappa shape index (κ1) is 15.2. The van der Waals surface area contributed by atoms with Crippen LogP contribution in [-0.4, -0.2) is 22.0 Å². The lowest BCUT2D eigenvalue weighted by Crippen LogP contribution is -2.15. The Morgan fingerprint density at radius 2 is 1.81 bits per heavy atom. The van der Waals surface area contributed by atoms with Gasteiger partial charge in [-0.25, -0.2) is 9.78 Å². The van der Waals surface area contributed by atoms with Crippen molar-refractivity contribution < 1.29 is 14.7 Å². The number of amides is 1. The third kappa shape index (κ3) is 3.46. The molecule has 2 rings (SSSR count). The van der Waals surface area contributed by atoms with Gasteiger partial charge in [0.2, 0.25) is 0 Å². The zero-order valence-electron chi connectivity index (χ0n) is 11.5. The number of anilines is 1. The quantitative estimate of drug-likeness (QED) is 0.890. The maximum Gasteiger partial charge on any atom is 0.354 e. The van der Waals surface area contributed by atoms with Crippen LogP contribution in [0.3, 0.4) is 0 Å². The zero-order valence-corrected chi connectivity index (χ0v) is 13.1. The molecule has 0 atom stereocenters. The molecule has 1 amide bonds. The van der Waals surface area contributed by atoms with Gasteiger partial charge in [-0.05, 0) is 49.2 Å². The van der Waals surface area contributed by atoms with E-state index in [0.29, 0.717) is 0 Å². The van der Waals surface area contributed by atoms with Crippen LogP contribution < -0.4 is 5.32 Å². The van der Waals surface area contributed by atoms with Crippen LogP contribution in [-0.2, 0) is 0 Å². The van der Waals surface area contributed by atoms with E-state index in [-0.39, 0.29) is 17.2 Å². The van der Waals surface area contributed by atoms with Gasteiger partial charge < -0.3 is 10.4 Å². The van der Waals surface area contributed by atoms with Gasteiger partial charge in [0.05, 0.1) is 0 Å². The highest BCUT2D eigenvalue weighted by Gasteiger charge is 2.13. The molecular formula is C15H13BrN2O3. The molecule has 21 heavy (non-hydrogen) atoms. The molecule has 1 aromatic carbocycles. The number of carboxylic acid groups (broad SMARTS) is 1. The molecule has 0 spiro atoms. The molecule has 6 heteroatoms. The summed E-state index contributed by atoms with van der Waals surface area (Å²) < 4.78 is 0.938. The first-order valence-electron chi connectivity index (χ1n) is 6.16. The van der Waals surface area contributed by atoms with E-state index in [2.05, 4.69) is 26.2 Å². The lowest BCUT2D eigenvalue weighted by Gasteiger charge is -2.12. The fraction of sp³-hybridized carbons (Fsp3) is 0.133. The number of rotatable bonds is 3. The summed E-state index contributed by atoms with van der Waals surface area (Å²) in [4.78, 5) is 26.8. The van der Waals surface area contributed by atoms with Crippen molar-refractivity contribution in [2.24, 2.45) is 0 Å². The topological polar surface area (TPSA) is 79.3 Å². The number of pyridine rings is 1. The highest BCUT2D eigenvalue weighted by Crippen LogP contribution is 2.25. The Hall–Kier alpha value is -2.21. The Morgan fingerprint density at radius 1 is 1.19 bits per heavy atom. The number of hydrogen-bond donors (Lipinski definition) is 2. The fourth-order valence-electron chi connectivity index (χ4n) is 1.98. The van der Waals surface area contributed by atoms with Crippen molar-refractivity contribution in [2.75, 3.05) is 5.32 Å². The van der Waals surface area contributed by atoms with Crippen LogP contribution in [0.4, 0.5) is 5.69 Å². The molecule has 0 aliphatic carbocycles. The average Bonchev–Trinajstić information content (AvgIpc) is 2.42. The van der Waals surface area contributed by atoms with Gasteiger partial charge in [-0.3, -0.25) is 4.79 Å². The summed E-state index contributed by atoms with van der Waals surface area (Å²) in [7, 11) is 0. The maximum absolute atomic E-state index is 12.2. The molecule has 0 saturated heterocycles. The number of nitrogens with one attached hydrogen (secondary N) is 1. The maximum atomic E-state index is 12.2. The van der Waals surface area contributed by atoms with Gasteiger partial charge in [0, 0.05) is 21.9 Å². The number of carbonyl (C=O) groups is 2. The fourth-order valence-corrected chi connectivity index (χ4v) is 2.67. The van der Waals surface area contributed by atoms with E-state index in [9.17, 15) is 9.59 Å². The van der Waals surface area contributed by atoms with Crippen LogP contribution >= 0.6 is 15.9 Å². The first-order chi connectivity index (χ1) is 9.88. The first-order valence-corrected chi connectivity index (χ1v) is 6.95. The van der Waals surface area contributed by atoms with Gasteiger partial charge in [-0.1, -0.05) is 15.9 Å². The smallest absolute Gasteiger partial charge is 0.354 e. The van der Waals surface area contributed by atoms with Gasteiger partial charge in [0.1, 0.15) is 5.69 Å². The molecule has 0 aliphatic heterocycles. The largest absolute Gasteiger partial charge is 0.477 e. The minimum absolute atomic E-state index is 0.160. The van der Waals surface area contributed by atoms with Crippen molar-refractivity contribution in [1.82, 2.24) is 4.98 Å². The summed E-state index contributed by atoms with van der Waals surface area (Å²) in [5.74, 6) is -1.53. The number of benzene rings is 1. The van der Waals surface area contributed by atoms with E-state index in [0.717, 1.165) is 21.3 Å². The Bertz CT molecular complexity index is 706. The standard InChI is InChI=1S/C15H13BrN2O3/c1-8-5-11(16)6-9(2)13(8)18-14(19)10-3-4-17-12(7-10)15(20)21/h3-7H,1-2H3,(H,18,19)(H,20,21). The van der Waals surface area contributed by atoms with Gasteiger partial charge in [-0.15, -0.1) is 0 Å². The van der Waals surface area contributed by atoms with Crippen molar-refractivity contribution in [1.29, 1.82) is 0 Å². The SMILES string of the molecule is Cc1cc(Br)cc(C)c1NC(=O)c1ccnc(C(=O)O)c1. The van der Waals surface area contributed by atoms with Crippen LogP contribution in [0.25, 0.3) is 0 Å². The number of hydrogen-bond acceptors (Lipinski definition) is 3. The second-order valence-corrected chi connectivity index (χ2v) is 5.52. The van der Waals surface area contributed by atoms with E-state index in [1.807, 2.05) is 26.0 Å². The van der Waals surface area contributed by atoms with Crippen LogP contribution in [0.15, 0.2) is 34.9 Å². The molecule has 0 saturated carbocycles. The number of aromatic nitrogens is 1. The Kier molecular flexibility index (Phi) is 4.37. The minimum Gasteiger partial charge on any atom is -0.477 e. The number of halogens is 1. The number of carbonyl (C=O) groups excluding carboxylic acids is 1. The average molecular weight is 349 g/mol. The third-order valence-corrected chi connectivity index (χ3v) is 3.44. The second-order valence-electron chi connectivity index (χ2n) is 4.60. The predicted octanol–water partition coefficient (Wildman–Crippen LogP) is 3.41. The molecule has 0 aliphatic rings. The van der Waals surface area contributed by atoms with Crippen LogP contribution in [0, 0.1) is 13.8 Å². The van der Waals surface area contributed by atoms with Crippen molar-refractivity contribution in [3.63, 3.8) is 0 Å². The second kappa shape index (κ2) is 6.05. The highest BCUT2D eigenvalue weighted by molar-refractivity contribution is 9.10. The molecule has 0 unspecified atom stereocenters. The zero-order chi connectivity index (χ0) is 15.6. The number of aromatic carboxylic acids is 1. The van der Waals surface area contributed by atoms with Crippen molar-refractivity contribution in [3.05, 3.63) is 57.3 Å². The van der Waals surface area contributed by atoms with E-state index in [1.54, 1.807) is 0 Å². The van der Waals surface area contributed by atoms with E-state index < -0.39 is 5.97 Å². The number of aryl methyl sites for hydroxylation is 2. The summed E-state index contributed by atoms with van der Waals surface area (Å²) in [6.07, 6.45) is 1.31. The molecule has 5 nitrogen and oxygen atoms in total. The van der Waals surface area contributed by atoms with Crippen molar-refractivity contribution in [2.45, 2.75) is 13.8 Å². The summed E-state index contributed by atoms with van der Waals surface area (Å²) in [6.45, 7) is 3.78. The molecule has 108 valence electrons. The number of nitrogens with zero attached hydrogens (tertiary/aromatic N) is 1. The van der Waals surface area contributed by atoms with Gasteiger partial charge in [0.15, 0.2) is 0 Å². The van der Waals surface area contributed by atoms with Crippen LogP contribution in [0.1, 0.15) is 32.0 Å². The summed E-state index contributed by atoms with van der Waals surface area (Å²) in [6, 6.07) is 6.53. The summed E-state index contributed by atoms with van der Waals surface area (Å²) in [5.41, 5.74) is 2.65. The molecule has 1 aromatic heterocycles. The molecule has 2 N–H and O–H groups in total. The van der Waals surface area contributed by atoms with E-state index in [4.69, 9.17) is 5.11 Å². The molecule has 0 bridgehead atoms. The van der Waals surface area contributed by atoms with Gasteiger partial charge in [0.25, 0.3) is 5.91 Å². The summed E-state index contributed by atoms with van der Waals surface area (Å²) in [5, 5.41) is 11.7. The predicted molar refractivity (Wildman–Crippen MR) is 82.8 cm³/mol. The third-order valence-electron chi connectivity index (χ3n) is 2.98. The van der Waals surface area contributed by atoms with E-state index in [1.165, 1.54) is 18.3 Å². The normalized spacial score (nSPS) is 10.2. The van der Waals surface area contributed by atoms with Gasteiger partial charge >= 0.3 is 5.97 Å². The Morgan fingerprint density at radius 3 is 2.38 bits per heavy atom. The van der Waals surface area contributed by atoms with Crippen molar-refractivity contribution in [3.8, 4) is 0 Å². The molecular weight excluding hydrogens is 336 g/mol. The Labute approximate surface area is 130 Å². The lowest BCUT2D eigenvalue weighted by atomic mass is 10.1.